The number of amides is 1. The van der Waals surface area contributed by atoms with E-state index in [1.54, 1.807) is 17.0 Å². The van der Waals surface area contributed by atoms with E-state index in [-0.39, 0.29) is 23.8 Å². The molecule has 1 aliphatic carbocycles. The van der Waals surface area contributed by atoms with Gasteiger partial charge in [-0.15, -0.1) is 0 Å². The zero-order valence-electron chi connectivity index (χ0n) is 10.8. The van der Waals surface area contributed by atoms with Crippen LogP contribution in [-0.4, -0.2) is 44.8 Å². The van der Waals surface area contributed by atoms with Gasteiger partial charge in [-0.3, -0.25) is 9.59 Å². The minimum Gasteiger partial charge on any atom is -0.468 e. The standard InChI is InChI=1S/C14H14BNO3/c1-19-12(17)7-16-8-14(4-5-14)11-6-9(15)2-3-10(11)13(16)18/h2-3,6H,4-5,7-8H2,1H3. The van der Waals surface area contributed by atoms with Crippen LogP contribution >= 0.6 is 0 Å². The van der Waals surface area contributed by atoms with Gasteiger partial charge in [0, 0.05) is 17.5 Å². The second-order valence-electron chi connectivity index (χ2n) is 5.32. The Bertz CT molecular complexity index is 566. The van der Waals surface area contributed by atoms with Gasteiger partial charge < -0.3 is 9.64 Å². The highest BCUT2D eigenvalue weighted by Gasteiger charge is 2.51. The number of hydrogen-bond donors (Lipinski definition) is 0. The SMILES string of the molecule is [B]c1ccc2c(c1)C1(CC1)CN(CC(=O)OC)C2=O. The van der Waals surface area contributed by atoms with Gasteiger partial charge in [0.2, 0.25) is 0 Å². The van der Waals surface area contributed by atoms with Gasteiger partial charge in [-0.1, -0.05) is 17.6 Å². The highest BCUT2D eigenvalue weighted by molar-refractivity contribution is 6.32. The number of ether oxygens (including phenoxy) is 1. The molecule has 0 unspecified atom stereocenters. The lowest BCUT2D eigenvalue weighted by atomic mass is 9.82. The molecule has 1 fully saturated rings. The van der Waals surface area contributed by atoms with E-state index in [9.17, 15) is 9.59 Å². The molecule has 5 heteroatoms. The van der Waals surface area contributed by atoms with Crippen molar-refractivity contribution < 1.29 is 14.3 Å². The zero-order valence-corrected chi connectivity index (χ0v) is 10.8. The molecule has 4 nitrogen and oxygen atoms in total. The lowest BCUT2D eigenvalue weighted by molar-refractivity contribution is -0.141. The maximum Gasteiger partial charge on any atom is 0.325 e. The first kappa shape index (κ1) is 12.3. The molecular weight excluding hydrogens is 241 g/mol. The minimum absolute atomic E-state index is 0.00659. The molecule has 96 valence electrons. The fourth-order valence-corrected chi connectivity index (χ4v) is 2.81. The maximum atomic E-state index is 12.4. The summed E-state index contributed by atoms with van der Waals surface area (Å²) in [5.41, 5.74) is 2.40. The molecule has 0 N–H and O–H groups in total. The third kappa shape index (κ3) is 1.93. The van der Waals surface area contributed by atoms with E-state index in [4.69, 9.17) is 7.85 Å². The van der Waals surface area contributed by atoms with Crippen LogP contribution in [0.15, 0.2) is 18.2 Å². The van der Waals surface area contributed by atoms with Crippen molar-refractivity contribution in [3.63, 3.8) is 0 Å². The molecule has 1 aromatic rings. The summed E-state index contributed by atoms with van der Waals surface area (Å²) in [7, 11) is 7.15. The van der Waals surface area contributed by atoms with Gasteiger partial charge >= 0.3 is 5.97 Å². The van der Waals surface area contributed by atoms with Crippen molar-refractivity contribution in [2.45, 2.75) is 18.3 Å². The summed E-state index contributed by atoms with van der Waals surface area (Å²) in [6, 6.07) is 5.39. The first-order valence-corrected chi connectivity index (χ1v) is 6.32. The molecule has 1 heterocycles. The zero-order chi connectivity index (χ0) is 13.6. The summed E-state index contributed by atoms with van der Waals surface area (Å²) in [6.45, 7) is 0.596. The number of nitrogens with zero attached hydrogens (tertiary/aromatic N) is 1. The van der Waals surface area contributed by atoms with Crippen LogP contribution in [-0.2, 0) is 14.9 Å². The number of esters is 1. The number of benzene rings is 1. The van der Waals surface area contributed by atoms with Crippen LogP contribution in [0.5, 0.6) is 0 Å². The predicted octanol–water partition coefficient (Wildman–Crippen LogP) is 0.141. The van der Waals surface area contributed by atoms with Crippen LogP contribution in [0.4, 0.5) is 0 Å². The molecule has 2 aliphatic rings. The highest BCUT2D eigenvalue weighted by Crippen LogP contribution is 2.51. The number of hydrogen-bond acceptors (Lipinski definition) is 3. The van der Waals surface area contributed by atoms with Gasteiger partial charge in [0.05, 0.1) is 7.11 Å². The third-order valence-electron chi connectivity index (χ3n) is 4.03. The lowest BCUT2D eigenvalue weighted by Crippen LogP contribution is -2.46. The Morgan fingerprint density at radius 2 is 2.21 bits per heavy atom. The summed E-state index contributed by atoms with van der Waals surface area (Å²) in [5, 5.41) is 0. The Balaban J connectivity index is 1.97. The molecule has 1 spiro atoms. The quantitative estimate of drug-likeness (QED) is 0.558. The second-order valence-corrected chi connectivity index (χ2v) is 5.32. The van der Waals surface area contributed by atoms with Crippen molar-refractivity contribution in [3.8, 4) is 0 Å². The van der Waals surface area contributed by atoms with Crippen molar-refractivity contribution in [1.82, 2.24) is 4.90 Å². The number of methoxy groups -OCH3 is 1. The number of fused-ring (bicyclic) bond motifs is 2. The molecular formula is C14H14BNO3. The molecule has 1 saturated carbocycles. The van der Waals surface area contributed by atoms with Gasteiger partial charge in [0.25, 0.3) is 5.91 Å². The normalized spacial score (nSPS) is 19.2. The topological polar surface area (TPSA) is 46.6 Å². The van der Waals surface area contributed by atoms with E-state index in [0.717, 1.165) is 18.4 Å². The van der Waals surface area contributed by atoms with Crippen molar-refractivity contribution in [2.75, 3.05) is 20.2 Å². The monoisotopic (exact) mass is 255 g/mol. The molecule has 1 aromatic carbocycles. The highest BCUT2D eigenvalue weighted by atomic mass is 16.5. The van der Waals surface area contributed by atoms with Crippen molar-refractivity contribution >= 4 is 25.2 Å². The molecule has 1 aliphatic heterocycles. The van der Waals surface area contributed by atoms with Gasteiger partial charge in [-0.05, 0) is 24.5 Å². The summed E-state index contributed by atoms with van der Waals surface area (Å²) in [6.07, 6.45) is 2.07. The second kappa shape index (κ2) is 4.12. The van der Waals surface area contributed by atoms with Gasteiger partial charge in [-0.2, -0.15) is 0 Å². The smallest absolute Gasteiger partial charge is 0.325 e. The van der Waals surface area contributed by atoms with Crippen LogP contribution in [0, 0.1) is 0 Å². The van der Waals surface area contributed by atoms with Crippen LogP contribution in [0.1, 0.15) is 28.8 Å². The van der Waals surface area contributed by atoms with Gasteiger partial charge in [0.15, 0.2) is 0 Å². The molecule has 1 amide bonds. The molecule has 3 rings (SSSR count). The molecule has 0 bridgehead atoms. The fourth-order valence-electron chi connectivity index (χ4n) is 2.81. The summed E-state index contributed by atoms with van der Waals surface area (Å²) in [4.78, 5) is 25.3. The summed E-state index contributed by atoms with van der Waals surface area (Å²) < 4.78 is 4.64. The Morgan fingerprint density at radius 3 is 2.84 bits per heavy atom. The van der Waals surface area contributed by atoms with Crippen LogP contribution in [0.2, 0.25) is 0 Å². The first-order chi connectivity index (χ1) is 9.05. The molecule has 0 aromatic heterocycles. The average Bonchev–Trinajstić information content (AvgIpc) is 3.16. The average molecular weight is 255 g/mol. The van der Waals surface area contributed by atoms with E-state index in [0.29, 0.717) is 17.6 Å². The van der Waals surface area contributed by atoms with Crippen molar-refractivity contribution in [3.05, 3.63) is 29.3 Å². The van der Waals surface area contributed by atoms with E-state index < -0.39 is 0 Å². The number of rotatable bonds is 2. The van der Waals surface area contributed by atoms with Crippen molar-refractivity contribution in [1.29, 1.82) is 0 Å². The Labute approximate surface area is 113 Å². The number of carbonyl (C=O) groups excluding carboxylic acids is 2. The van der Waals surface area contributed by atoms with E-state index >= 15 is 0 Å². The van der Waals surface area contributed by atoms with E-state index in [1.165, 1.54) is 7.11 Å². The lowest BCUT2D eigenvalue weighted by Gasteiger charge is -2.34. The van der Waals surface area contributed by atoms with E-state index in [1.807, 2.05) is 6.07 Å². The molecule has 2 radical (unpaired) electrons. The third-order valence-corrected chi connectivity index (χ3v) is 4.03. The minimum atomic E-state index is -0.386. The largest absolute Gasteiger partial charge is 0.468 e. The maximum absolute atomic E-state index is 12.4. The molecule has 0 saturated heterocycles. The first-order valence-electron chi connectivity index (χ1n) is 6.32. The van der Waals surface area contributed by atoms with Crippen molar-refractivity contribution in [2.24, 2.45) is 0 Å². The fraction of sp³-hybridized carbons (Fsp3) is 0.429. The van der Waals surface area contributed by atoms with Crippen LogP contribution in [0.25, 0.3) is 0 Å². The van der Waals surface area contributed by atoms with Crippen LogP contribution in [0.3, 0.4) is 0 Å². The number of carbonyl (C=O) groups is 2. The van der Waals surface area contributed by atoms with Crippen LogP contribution < -0.4 is 5.46 Å². The van der Waals surface area contributed by atoms with Gasteiger partial charge in [-0.25, -0.2) is 0 Å². The summed E-state index contributed by atoms with van der Waals surface area (Å²) >= 11 is 0. The Hall–Kier alpha value is -1.78. The van der Waals surface area contributed by atoms with Gasteiger partial charge in [0.1, 0.15) is 14.4 Å². The Morgan fingerprint density at radius 1 is 1.47 bits per heavy atom. The predicted molar refractivity (Wildman–Crippen MR) is 70.7 cm³/mol. The Kier molecular flexibility index (Phi) is 2.66. The summed E-state index contributed by atoms with van der Waals surface area (Å²) in [5.74, 6) is -0.499. The molecule has 0 atom stereocenters. The molecule has 19 heavy (non-hydrogen) atoms. The van der Waals surface area contributed by atoms with E-state index in [2.05, 4.69) is 4.74 Å².